The van der Waals surface area contributed by atoms with Gasteiger partial charge in [0.15, 0.2) is 11.0 Å². The predicted molar refractivity (Wildman–Crippen MR) is 111 cm³/mol. The number of halogens is 4. The number of carbonyl (C=O) groups is 2. The Balaban J connectivity index is 1.97. The number of nitrogens with zero attached hydrogens (tertiary/aromatic N) is 4. The van der Waals surface area contributed by atoms with E-state index in [0.29, 0.717) is 6.07 Å². The van der Waals surface area contributed by atoms with Crippen molar-refractivity contribution in [1.29, 1.82) is 0 Å². The molecule has 1 aliphatic heterocycles. The Morgan fingerprint density at radius 3 is 2.59 bits per heavy atom. The van der Waals surface area contributed by atoms with E-state index in [-0.39, 0.29) is 39.4 Å². The second-order valence-corrected chi connectivity index (χ2v) is 7.58. The second-order valence-electron chi connectivity index (χ2n) is 6.87. The number of primary amides is 1. The molecule has 1 aromatic carbocycles. The van der Waals surface area contributed by atoms with Crippen LogP contribution < -0.4 is 16.0 Å². The van der Waals surface area contributed by atoms with Gasteiger partial charge in [-0.25, -0.2) is 23.5 Å². The molecule has 2 unspecified atom stereocenters. The molecule has 2 atom stereocenters. The van der Waals surface area contributed by atoms with Gasteiger partial charge in [0.1, 0.15) is 29.1 Å². The zero-order valence-electron chi connectivity index (χ0n) is 16.0. The first kappa shape index (κ1) is 21.8. The molecule has 32 heavy (non-hydrogen) atoms. The van der Waals surface area contributed by atoms with Gasteiger partial charge in [0.05, 0.1) is 24.0 Å². The van der Waals surface area contributed by atoms with E-state index >= 15 is 0 Å². The molecule has 1 aliphatic rings. The molecule has 13 heteroatoms. The minimum Gasteiger partial charge on any atom is -0.478 e. The van der Waals surface area contributed by atoms with Crippen LogP contribution in [0.4, 0.5) is 20.3 Å². The number of benzene rings is 1. The highest BCUT2D eigenvalue weighted by atomic mass is 35.5. The number of nitrogens with one attached hydrogen (secondary N) is 1. The van der Waals surface area contributed by atoms with Crippen molar-refractivity contribution in [2.24, 2.45) is 5.73 Å². The van der Waals surface area contributed by atoms with Gasteiger partial charge in [-0.3, -0.25) is 9.36 Å². The predicted octanol–water partition coefficient (Wildman–Crippen LogP) is 3.57. The number of aromatic nitrogens is 3. The number of hydrogen-bond acceptors (Lipinski definition) is 6. The van der Waals surface area contributed by atoms with Gasteiger partial charge < -0.3 is 21.1 Å². The fraction of sp³-hybridized carbons (Fsp3) is 0.158. The Morgan fingerprint density at radius 1 is 1.25 bits per heavy atom. The minimum absolute atomic E-state index is 0.0301. The molecule has 0 saturated heterocycles. The smallest absolute Gasteiger partial charge is 0.338 e. The first-order valence-electron chi connectivity index (χ1n) is 9.07. The third-order valence-electron chi connectivity index (χ3n) is 4.94. The summed E-state index contributed by atoms with van der Waals surface area (Å²) < 4.78 is 29.6. The summed E-state index contributed by atoms with van der Waals surface area (Å²) in [6.07, 6.45) is -0.0434. The number of carboxylic acids is 1. The van der Waals surface area contributed by atoms with Crippen molar-refractivity contribution in [2.45, 2.75) is 18.8 Å². The van der Waals surface area contributed by atoms with Crippen LogP contribution in [0.1, 0.15) is 34.7 Å². The average molecular weight is 483 g/mol. The van der Waals surface area contributed by atoms with Gasteiger partial charge in [-0.1, -0.05) is 23.2 Å². The third-order valence-corrected chi connectivity index (χ3v) is 5.69. The molecule has 1 amide bonds. The number of aromatic carboxylic acids is 1. The van der Waals surface area contributed by atoms with E-state index in [1.165, 1.54) is 34.1 Å². The van der Waals surface area contributed by atoms with Gasteiger partial charge in [0.2, 0.25) is 5.91 Å². The van der Waals surface area contributed by atoms with Gasteiger partial charge >= 0.3 is 5.97 Å². The highest BCUT2D eigenvalue weighted by molar-refractivity contribution is 6.40. The molecule has 3 aromatic rings. The van der Waals surface area contributed by atoms with Crippen molar-refractivity contribution in [3.63, 3.8) is 0 Å². The van der Waals surface area contributed by atoms with Crippen molar-refractivity contribution >= 4 is 46.6 Å². The number of rotatable bonds is 6. The van der Waals surface area contributed by atoms with Gasteiger partial charge in [-0.2, -0.15) is 0 Å². The van der Waals surface area contributed by atoms with E-state index in [9.17, 15) is 23.5 Å². The number of fused-ring (bicyclic) bond motifs is 1. The normalized spacial score (nSPS) is 15.9. The van der Waals surface area contributed by atoms with E-state index in [1.54, 1.807) is 0 Å². The first-order valence-corrected chi connectivity index (χ1v) is 9.83. The molecule has 0 spiro atoms. The van der Waals surface area contributed by atoms with Crippen molar-refractivity contribution in [2.75, 3.05) is 10.2 Å². The number of amides is 1. The van der Waals surface area contributed by atoms with Crippen LogP contribution in [0, 0.1) is 11.6 Å². The van der Waals surface area contributed by atoms with Crippen LogP contribution in [0.15, 0.2) is 36.8 Å². The van der Waals surface area contributed by atoms with Gasteiger partial charge in [-0.15, -0.1) is 0 Å². The summed E-state index contributed by atoms with van der Waals surface area (Å²) in [5, 5.41) is 12.6. The Labute approximate surface area is 189 Å². The first-order chi connectivity index (χ1) is 15.2. The number of imidazole rings is 1. The maximum Gasteiger partial charge on any atom is 0.338 e. The monoisotopic (exact) mass is 482 g/mol. The Hall–Kier alpha value is -3.44. The van der Waals surface area contributed by atoms with Crippen molar-refractivity contribution < 1.29 is 23.5 Å². The summed E-state index contributed by atoms with van der Waals surface area (Å²) in [5.41, 5.74) is 5.31. The molecule has 0 saturated carbocycles. The van der Waals surface area contributed by atoms with Crippen molar-refractivity contribution in [3.8, 4) is 0 Å². The summed E-state index contributed by atoms with van der Waals surface area (Å²) in [5.74, 6) is -3.64. The van der Waals surface area contributed by atoms with Crippen molar-refractivity contribution in [3.05, 3.63) is 69.9 Å². The maximum absolute atomic E-state index is 14.8. The average Bonchev–Trinajstić information content (AvgIpc) is 3.26. The highest BCUT2D eigenvalue weighted by Gasteiger charge is 2.41. The molecule has 9 nitrogen and oxygen atoms in total. The lowest BCUT2D eigenvalue weighted by molar-refractivity contribution is -0.118. The minimum atomic E-state index is -1.29. The number of carboxylic acid groups (broad SMARTS) is 1. The standard InChI is InChI=1S/C19H14Cl2F2N6O3/c20-15-16(21)28(7-26-15)13(6-12(24)30)29-14-10(19(31)32)3-4-25-17(14)27-18(29)9-2-1-8(22)5-11(9)23/h1-5,7,13,18H,6H2,(H2,24,30)(H,25,27)(H,31,32). The third kappa shape index (κ3) is 3.69. The molecular weight excluding hydrogens is 469 g/mol. The Morgan fingerprint density at radius 2 is 2.00 bits per heavy atom. The highest BCUT2D eigenvalue weighted by Crippen LogP contribution is 2.47. The SMILES string of the molecule is NC(=O)CC(N1c2c(C(=O)O)ccnc2NC1c1ccc(F)cc1F)n1cnc(Cl)c1Cl. The van der Waals surface area contributed by atoms with Gasteiger partial charge in [-0.05, 0) is 18.2 Å². The van der Waals surface area contributed by atoms with E-state index in [0.717, 1.165) is 6.07 Å². The molecule has 0 fully saturated rings. The zero-order chi connectivity index (χ0) is 23.2. The quantitative estimate of drug-likeness (QED) is 0.490. The number of carbonyl (C=O) groups excluding carboxylic acids is 1. The fourth-order valence-electron chi connectivity index (χ4n) is 3.64. The molecule has 0 aliphatic carbocycles. The van der Waals surface area contributed by atoms with Crippen molar-refractivity contribution in [1.82, 2.24) is 14.5 Å². The second kappa shape index (κ2) is 8.24. The van der Waals surface area contributed by atoms with Gasteiger partial charge in [0, 0.05) is 17.8 Å². The molecule has 2 aromatic heterocycles. The van der Waals surface area contributed by atoms with Crippen LogP contribution in [0.2, 0.25) is 10.3 Å². The van der Waals surface area contributed by atoms with E-state index in [2.05, 4.69) is 15.3 Å². The fourth-order valence-corrected chi connectivity index (χ4v) is 3.98. The van der Waals surface area contributed by atoms with Crippen LogP contribution in [0.3, 0.4) is 0 Å². The molecule has 4 N–H and O–H groups in total. The number of nitrogens with two attached hydrogens (primary N) is 1. The molecule has 3 heterocycles. The van der Waals surface area contributed by atoms with Crippen LogP contribution in [-0.4, -0.2) is 31.5 Å². The number of pyridine rings is 1. The molecular formula is C19H14Cl2F2N6O3. The molecule has 166 valence electrons. The lowest BCUT2D eigenvalue weighted by Gasteiger charge is -2.36. The lowest BCUT2D eigenvalue weighted by Crippen LogP contribution is -2.38. The topological polar surface area (TPSA) is 126 Å². The molecule has 0 radical (unpaired) electrons. The largest absolute Gasteiger partial charge is 0.478 e. The van der Waals surface area contributed by atoms with E-state index in [4.69, 9.17) is 28.9 Å². The van der Waals surface area contributed by atoms with Crippen LogP contribution in [0.5, 0.6) is 0 Å². The summed E-state index contributed by atoms with van der Waals surface area (Å²) in [6.45, 7) is 0. The van der Waals surface area contributed by atoms with E-state index < -0.39 is 35.8 Å². The van der Waals surface area contributed by atoms with E-state index in [1.807, 2.05) is 0 Å². The zero-order valence-corrected chi connectivity index (χ0v) is 17.5. The summed E-state index contributed by atoms with van der Waals surface area (Å²) in [6, 6.07) is 4.19. The van der Waals surface area contributed by atoms with Crippen LogP contribution >= 0.6 is 23.2 Å². The Kier molecular flexibility index (Phi) is 5.61. The Bertz CT molecular complexity index is 1240. The molecule has 4 rings (SSSR count). The summed E-state index contributed by atoms with van der Waals surface area (Å²) >= 11 is 12.2. The number of anilines is 2. The van der Waals surface area contributed by atoms with Crippen LogP contribution in [0.25, 0.3) is 0 Å². The van der Waals surface area contributed by atoms with Gasteiger partial charge in [0.25, 0.3) is 0 Å². The maximum atomic E-state index is 14.8. The van der Waals surface area contributed by atoms with Crippen LogP contribution in [-0.2, 0) is 4.79 Å². The molecule has 0 bridgehead atoms. The summed E-state index contributed by atoms with van der Waals surface area (Å²) in [7, 11) is 0. The number of hydrogen-bond donors (Lipinski definition) is 3. The lowest BCUT2D eigenvalue weighted by atomic mass is 10.1. The summed E-state index contributed by atoms with van der Waals surface area (Å²) in [4.78, 5) is 33.3.